The highest BCUT2D eigenvalue weighted by molar-refractivity contribution is 7.99. The monoisotopic (exact) mass is 337 g/mol. The molecule has 3 aromatic rings. The molecule has 0 saturated carbocycles. The van der Waals surface area contributed by atoms with Crippen LogP contribution >= 0.6 is 11.8 Å². The van der Waals surface area contributed by atoms with E-state index >= 15 is 0 Å². The minimum absolute atomic E-state index is 0.322. The lowest BCUT2D eigenvalue weighted by atomic mass is 10.1. The number of benzene rings is 2. The Hall–Kier alpha value is -2.04. The van der Waals surface area contributed by atoms with Crippen LogP contribution in [0.25, 0.3) is 22.6 Å². The molecule has 2 heterocycles. The normalized spacial score (nSPS) is 17.2. The molecule has 1 aliphatic rings. The maximum absolute atomic E-state index is 6.11. The van der Waals surface area contributed by atoms with Crippen LogP contribution in [0.2, 0.25) is 0 Å². The summed E-state index contributed by atoms with van der Waals surface area (Å²) in [6.45, 7) is 0.876. The Balaban J connectivity index is 1.65. The molecule has 0 radical (unpaired) electrons. The quantitative estimate of drug-likeness (QED) is 0.593. The Morgan fingerprint density at radius 1 is 0.958 bits per heavy atom. The highest BCUT2D eigenvalue weighted by Crippen LogP contribution is 2.36. The maximum Gasteiger partial charge on any atom is 0.256 e. The van der Waals surface area contributed by atoms with Crippen LogP contribution in [-0.2, 0) is 4.74 Å². The van der Waals surface area contributed by atoms with E-state index in [9.17, 15) is 0 Å². The Bertz CT molecular complexity index is 723. The first-order valence-corrected chi connectivity index (χ1v) is 9.25. The van der Waals surface area contributed by atoms with Crippen LogP contribution in [-0.4, -0.2) is 23.4 Å². The average molecular weight is 337 g/mol. The van der Waals surface area contributed by atoms with Gasteiger partial charge in [0.15, 0.2) is 5.76 Å². The van der Waals surface area contributed by atoms with Crippen molar-refractivity contribution in [2.75, 3.05) is 12.4 Å². The molecule has 24 heavy (non-hydrogen) atoms. The van der Waals surface area contributed by atoms with Gasteiger partial charge in [0.1, 0.15) is 5.69 Å². The van der Waals surface area contributed by atoms with Crippen LogP contribution < -0.4 is 0 Å². The van der Waals surface area contributed by atoms with Gasteiger partial charge in [0.2, 0.25) is 0 Å². The summed E-state index contributed by atoms with van der Waals surface area (Å²) in [5.41, 5.74) is 3.02. The lowest BCUT2D eigenvalue weighted by Crippen LogP contribution is -2.07. The largest absolute Gasteiger partial charge is 0.431 e. The first-order valence-electron chi connectivity index (χ1n) is 8.26. The molecule has 4 rings (SSSR count). The molecule has 1 aromatic heterocycles. The smallest absolute Gasteiger partial charge is 0.256 e. The average Bonchev–Trinajstić information content (AvgIpc) is 3.31. The predicted molar refractivity (Wildman–Crippen MR) is 97.1 cm³/mol. The summed E-state index contributed by atoms with van der Waals surface area (Å²) in [5.74, 6) is 1.72. The van der Waals surface area contributed by atoms with Crippen molar-refractivity contribution in [2.45, 2.75) is 24.2 Å². The number of ether oxygens (including phenoxy) is 1. The van der Waals surface area contributed by atoms with Gasteiger partial charge in [-0.25, -0.2) is 4.98 Å². The van der Waals surface area contributed by atoms with Crippen LogP contribution in [0.1, 0.15) is 12.8 Å². The van der Waals surface area contributed by atoms with Crippen molar-refractivity contribution in [1.82, 2.24) is 4.98 Å². The van der Waals surface area contributed by atoms with Gasteiger partial charge in [-0.05, 0) is 12.8 Å². The van der Waals surface area contributed by atoms with Crippen LogP contribution in [0.5, 0.6) is 0 Å². The summed E-state index contributed by atoms with van der Waals surface area (Å²) >= 11 is 1.64. The zero-order valence-corrected chi connectivity index (χ0v) is 14.2. The number of hydrogen-bond acceptors (Lipinski definition) is 4. The number of thioether (sulfide) groups is 1. The van der Waals surface area contributed by atoms with Crippen LogP contribution in [0.4, 0.5) is 0 Å². The lowest BCUT2D eigenvalue weighted by molar-refractivity contribution is 0.128. The van der Waals surface area contributed by atoms with Crippen molar-refractivity contribution in [1.29, 1.82) is 0 Å². The number of aromatic nitrogens is 1. The van der Waals surface area contributed by atoms with Crippen LogP contribution in [0.15, 0.2) is 70.3 Å². The third-order valence-electron chi connectivity index (χ3n) is 4.11. The third-order valence-corrected chi connectivity index (χ3v) is 5.07. The molecule has 0 unspecified atom stereocenters. The summed E-state index contributed by atoms with van der Waals surface area (Å²) in [6.07, 6.45) is 2.61. The lowest BCUT2D eigenvalue weighted by Gasteiger charge is -2.05. The summed E-state index contributed by atoms with van der Waals surface area (Å²) in [6, 6.07) is 20.4. The summed E-state index contributed by atoms with van der Waals surface area (Å²) < 4.78 is 11.8. The molecular formula is C20H19NO2S. The minimum Gasteiger partial charge on any atom is -0.431 e. The molecule has 3 nitrogen and oxygen atoms in total. The van der Waals surface area contributed by atoms with E-state index in [-0.39, 0.29) is 0 Å². The van der Waals surface area contributed by atoms with Crippen molar-refractivity contribution in [2.24, 2.45) is 0 Å². The van der Waals surface area contributed by atoms with E-state index in [0.717, 1.165) is 47.8 Å². The first kappa shape index (κ1) is 15.5. The molecule has 1 atom stereocenters. The summed E-state index contributed by atoms with van der Waals surface area (Å²) in [4.78, 5) is 4.76. The van der Waals surface area contributed by atoms with Crippen molar-refractivity contribution in [3.05, 3.63) is 60.7 Å². The SMILES string of the molecule is c1ccc(-c2nc(SC[C@@H]3CCCO3)oc2-c2ccccc2)cc1. The van der Waals surface area contributed by atoms with E-state index < -0.39 is 0 Å². The fourth-order valence-corrected chi connectivity index (χ4v) is 3.77. The topological polar surface area (TPSA) is 35.3 Å². The fraction of sp³-hybridized carbons (Fsp3) is 0.250. The van der Waals surface area contributed by atoms with Gasteiger partial charge in [-0.2, -0.15) is 0 Å². The molecule has 0 spiro atoms. The van der Waals surface area contributed by atoms with Gasteiger partial charge in [-0.3, -0.25) is 0 Å². The Kier molecular flexibility index (Phi) is 4.67. The molecule has 1 fully saturated rings. The number of nitrogens with zero attached hydrogens (tertiary/aromatic N) is 1. The second kappa shape index (κ2) is 7.24. The van der Waals surface area contributed by atoms with E-state index in [4.69, 9.17) is 14.1 Å². The summed E-state index contributed by atoms with van der Waals surface area (Å²) in [7, 11) is 0. The minimum atomic E-state index is 0.322. The van der Waals surface area contributed by atoms with Crippen LogP contribution in [0.3, 0.4) is 0 Å². The number of rotatable bonds is 5. The van der Waals surface area contributed by atoms with Crippen molar-refractivity contribution in [3.63, 3.8) is 0 Å². The number of oxazole rings is 1. The molecule has 4 heteroatoms. The Morgan fingerprint density at radius 2 is 1.67 bits per heavy atom. The standard InChI is InChI=1S/C20H19NO2S/c1-3-8-15(9-4-1)18-19(16-10-5-2-6-11-16)23-20(21-18)24-14-17-12-7-13-22-17/h1-6,8-11,17H,7,12-14H2/t17-/m0/s1. The molecule has 0 N–H and O–H groups in total. The van der Waals surface area contributed by atoms with E-state index in [1.54, 1.807) is 11.8 Å². The fourth-order valence-electron chi connectivity index (χ4n) is 2.88. The van der Waals surface area contributed by atoms with Gasteiger partial charge in [-0.15, -0.1) is 0 Å². The highest BCUT2D eigenvalue weighted by atomic mass is 32.2. The Morgan fingerprint density at radius 3 is 2.33 bits per heavy atom. The molecule has 1 aliphatic heterocycles. The molecule has 122 valence electrons. The molecular weight excluding hydrogens is 318 g/mol. The zero-order valence-electron chi connectivity index (χ0n) is 13.4. The molecule has 0 aliphatic carbocycles. The Labute approximate surface area is 146 Å². The first-order chi connectivity index (χ1) is 11.9. The summed E-state index contributed by atoms with van der Waals surface area (Å²) in [5, 5.41) is 0.711. The van der Waals surface area contributed by atoms with Crippen molar-refractivity contribution in [3.8, 4) is 22.6 Å². The van der Waals surface area contributed by atoms with Gasteiger partial charge in [0.25, 0.3) is 5.22 Å². The van der Waals surface area contributed by atoms with Gasteiger partial charge < -0.3 is 9.15 Å². The molecule has 0 amide bonds. The second-order valence-electron chi connectivity index (χ2n) is 5.84. The highest BCUT2D eigenvalue weighted by Gasteiger charge is 2.20. The van der Waals surface area contributed by atoms with Crippen LogP contribution in [0, 0.1) is 0 Å². The van der Waals surface area contributed by atoms with E-state index in [1.165, 1.54) is 0 Å². The van der Waals surface area contributed by atoms with Gasteiger partial charge in [0, 0.05) is 23.5 Å². The molecule has 0 bridgehead atoms. The molecule has 1 saturated heterocycles. The van der Waals surface area contributed by atoms with E-state index in [0.29, 0.717) is 11.3 Å². The van der Waals surface area contributed by atoms with Crippen molar-refractivity contribution >= 4 is 11.8 Å². The third kappa shape index (κ3) is 3.40. The second-order valence-corrected chi connectivity index (χ2v) is 6.81. The van der Waals surface area contributed by atoms with Gasteiger partial charge in [0.05, 0.1) is 6.10 Å². The van der Waals surface area contributed by atoms with E-state index in [1.807, 2.05) is 36.4 Å². The number of hydrogen-bond donors (Lipinski definition) is 0. The van der Waals surface area contributed by atoms with E-state index in [2.05, 4.69) is 24.3 Å². The van der Waals surface area contributed by atoms with Gasteiger partial charge in [-0.1, -0.05) is 72.4 Å². The maximum atomic E-state index is 6.11. The zero-order chi connectivity index (χ0) is 16.2. The predicted octanol–water partition coefficient (Wildman–Crippen LogP) is 5.28. The molecule has 2 aromatic carbocycles. The van der Waals surface area contributed by atoms with Crippen molar-refractivity contribution < 1.29 is 9.15 Å². The van der Waals surface area contributed by atoms with Gasteiger partial charge >= 0.3 is 0 Å².